The molecule has 0 bridgehead atoms. The summed E-state index contributed by atoms with van der Waals surface area (Å²) in [6.07, 6.45) is -0.694. The Balaban J connectivity index is 0.000001000. The van der Waals surface area contributed by atoms with Crippen LogP contribution in [-0.4, -0.2) is 23.3 Å². The van der Waals surface area contributed by atoms with Gasteiger partial charge in [-0.1, -0.05) is 0 Å². The maximum atomic E-state index is 12.5. The molecule has 0 saturated heterocycles. The predicted molar refractivity (Wildman–Crippen MR) is 40.5 cm³/mol. The summed E-state index contributed by atoms with van der Waals surface area (Å²) in [5.41, 5.74) is 5.35. The number of hydrogen-bond donors (Lipinski definition) is 2. The molecule has 3 nitrogen and oxygen atoms in total. The summed E-state index contributed by atoms with van der Waals surface area (Å²) < 4.78 is 12.5. The highest BCUT2D eigenvalue weighted by atomic mass is 35.5. The fourth-order valence-corrected chi connectivity index (χ4v) is 1.15. The van der Waals surface area contributed by atoms with Gasteiger partial charge in [0.15, 0.2) is 6.17 Å². The van der Waals surface area contributed by atoms with Gasteiger partial charge in [-0.3, -0.25) is 0 Å². The van der Waals surface area contributed by atoms with Crippen LogP contribution in [0, 0.1) is 5.92 Å². The van der Waals surface area contributed by atoms with Gasteiger partial charge < -0.3 is 10.8 Å². The standard InChI is InChI=1S/C6H10FNO2.ClH/c7-5(6(9)10)3-1-4(8)2-3;/h3-5H,1-2,8H2,(H,9,10);1H. The van der Waals surface area contributed by atoms with Crippen LogP contribution in [0.15, 0.2) is 0 Å². The average Bonchev–Trinajstić information content (AvgIpc) is 1.79. The third-order valence-electron chi connectivity index (χ3n) is 1.86. The maximum absolute atomic E-state index is 12.5. The number of carboxylic acid groups (broad SMARTS) is 1. The molecule has 1 saturated carbocycles. The van der Waals surface area contributed by atoms with Gasteiger partial charge in [-0.15, -0.1) is 12.4 Å². The molecule has 0 aromatic rings. The molecule has 1 rings (SSSR count). The van der Waals surface area contributed by atoms with Crippen LogP contribution in [0.3, 0.4) is 0 Å². The molecule has 0 spiro atoms. The number of halogens is 2. The lowest BCUT2D eigenvalue weighted by Gasteiger charge is -2.32. The Kier molecular flexibility index (Phi) is 3.75. The van der Waals surface area contributed by atoms with Gasteiger partial charge in [0.05, 0.1) is 0 Å². The van der Waals surface area contributed by atoms with Crippen molar-refractivity contribution in [3.63, 3.8) is 0 Å². The Morgan fingerprint density at radius 2 is 2.09 bits per heavy atom. The number of carbonyl (C=O) groups is 1. The molecule has 1 aliphatic carbocycles. The van der Waals surface area contributed by atoms with Gasteiger partial charge in [0.2, 0.25) is 0 Å². The Morgan fingerprint density at radius 1 is 1.64 bits per heavy atom. The molecule has 1 aliphatic rings. The van der Waals surface area contributed by atoms with E-state index in [2.05, 4.69) is 0 Å². The van der Waals surface area contributed by atoms with Gasteiger partial charge in [-0.05, 0) is 12.8 Å². The highest BCUT2D eigenvalue weighted by molar-refractivity contribution is 5.85. The first-order valence-electron chi connectivity index (χ1n) is 3.23. The maximum Gasteiger partial charge on any atom is 0.338 e. The number of alkyl halides is 1. The van der Waals surface area contributed by atoms with Crippen molar-refractivity contribution in [2.45, 2.75) is 25.1 Å². The van der Waals surface area contributed by atoms with E-state index < -0.39 is 12.1 Å². The summed E-state index contributed by atoms with van der Waals surface area (Å²) in [6.45, 7) is 0. The van der Waals surface area contributed by atoms with E-state index in [1.807, 2.05) is 0 Å². The highest BCUT2D eigenvalue weighted by Gasteiger charge is 2.36. The Hall–Kier alpha value is -0.350. The lowest BCUT2D eigenvalue weighted by Crippen LogP contribution is -2.43. The topological polar surface area (TPSA) is 63.3 Å². The lowest BCUT2D eigenvalue weighted by atomic mass is 9.78. The molecule has 0 amide bonds. The van der Waals surface area contributed by atoms with E-state index in [0.29, 0.717) is 12.8 Å². The van der Waals surface area contributed by atoms with Crippen LogP contribution in [0.2, 0.25) is 0 Å². The summed E-state index contributed by atoms with van der Waals surface area (Å²) >= 11 is 0. The molecule has 0 radical (unpaired) electrons. The van der Waals surface area contributed by atoms with Crippen molar-refractivity contribution in [2.24, 2.45) is 11.7 Å². The smallest absolute Gasteiger partial charge is 0.338 e. The Bertz CT molecular complexity index is 150. The molecule has 0 aromatic carbocycles. The molecule has 66 valence electrons. The largest absolute Gasteiger partial charge is 0.479 e. The summed E-state index contributed by atoms with van der Waals surface area (Å²) in [6, 6.07) is 0.0163. The Labute approximate surface area is 70.2 Å². The quantitative estimate of drug-likeness (QED) is 0.658. The molecule has 0 aliphatic heterocycles. The van der Waals surface area contributed by atoms with E-state index >= 15 is 0 Å². The molecule has 5 heteroatoms. The first-order chi connectivity index (χ1) is 4.61. The number of nitrogens with two attached hydrogens (primary N) is 1. The second kappa shape index (κ2) is 3.88. The van der Waals surface area contributed by atoms with Crippen LogP contribution in [0.5, 0.6) is 0 Å². The molecule has 1 unspecified atom stereocenters. The van der Waals surface area contributed by atoms with Crippen LogP contribution >= 0.6 is 12.4 Å². The second-order valence-electron chi connectivity index (χ2n) is 2.73. The van der Waals surface area contributed by atoms with E-state index in [9.17, 15) is 9.18 Å². The van der Waals surface area contributed by atoms with Gasteiger partial charge in [-0.25, -0.2) is 9.18 Å². The highest BCUT2D eigenvalue weighted by Crippen LogP contribution is 2.30. The number of hydrogen-bond acceptors (Lipinski definition) is 2. The minimum absolute atomic E-state index is 0. The fraction of sp³-hybridized carbons (Fsp3) is 0.833. The molecule has 3 N–H and O–H groups in total. The fourth-order valence-electron chi connectivity index (χ4n) is 1.15. The van der Waals surface area contributed by atoms with Crippen molar-refractivity contribution in [1.82, 2.24) is 0 Å². The third-order valence-corrected chi connectivity index (χ3v) is 1.86. The summed E-state index contributed by atoms with van der Waals surface area (Å²) in [4.78, 5) is 10.0. The van der Waals surface area contributed by atoms with Crippen molar-refractivity contribution in [3.8, 4) is 0 Å². The van der Waals surface area contributed by atoms with E-state index in [-0.39, 0.29) is 24.4 Å². The van der Waals surface area contributed by atoms with Crippen LogP contribution in [0.25, 0.3) is 0 Å². The third kappa shape index (κ3) is 2.31. The summed E-state index contributed by atoms with van der Waals surface area (Å²) in [5, 5.41) is 8.19. The zero-order chi connectivity index (χ0) is 7.72. The van der Waals surface area contributed by atoms with E-state index in [0.717, 1.165) is 0 Å². The lowest BCUT2D eigenvalue weighted by molar-refractivity contribution is -0.146. The summed E-state index contributed by atoms with van der Waals surface area (Å²) in [5.74, 6) is -1.70. The molecule has 0 heterocycles. The van der Waals surface area contributed by atoms with Gasteiger partial charge in [0.1, 0.15) is 0 Å². The molecular formula is C6H11ClFNO2. The first-order valence-corrected chi connectivity index (χ1v) is 3.23. The van der Waals surface area contributed by atoms with Gasteiger partial charge >= 0.3 is 5.97 Å². The normalized spacial score (nSPS) is 31.5. The van der Waals surface area contributed by atoms with Gasteiger partial charge in [0, 0.05) is 12.0 Å². The van der Waals surface area contributed by atoms with Crippen LogP contribution in [0.1, 0.15) is 12.8 Å². The van der Waals surface area contributed by atoms with Crippen LogP contribution in [-0.2, 0) is 4.79 Å². The molecular weight excluding hydrogens is 173 g/mol. The molecule has 1 atom stereocenters. The van der Waals surface area contributed by atoms with Crippen molar-refractivity contribution in [2.75, 3.05) is 0 Å². The second-order valence-corrected chi connectivity index (χ2v) is 2.73. The zero-order valence-corrected chi connectivity index (χ0v) is 6.68. The first kappa shape index (κ1) is 10.7. The number of aliphatic carboxylic acids is 1. The SMILES string of the molecule is Cl.NC1CC(C(F)C(=O)O)C1. The van der Waals surface area contributed by atoms with E-state index in [4.69, 9.17) is 10.8 Å². The average molecular weight is 184 g/mol. The molecule has 1 fully saturated rings. The van der Waals surface area contributed by atoms with Crippen molar-refractivity contribution < 1.29 is 14.3 Å². The van der Waals surface area contributed by atoms with Crippen molar-refractivity contribution in [3.05, 3.63) is 0 Å². The molecule has 11 heavy (non-hydrogen) atoms. The minimum Gasteiger partial charge on any atom is -0.479 e. The van der Waals surface area contributed by atoms with Crippen LogP contribution < -0.4 is 5.73 Å². The minimum atomic E-state index is -1.71. The van der Waals surface area contributed by atoms with Crippen LogP contribution in [0.4, 0.5) is 4.39 Å². The number of rotatable bonds is 2. The monoisotopic (exact) mass is 183 g/mol. The van der Waals surface area contributed by atoms with E-state index in [1.165, 1.54) is 0 Å². The molecule has 0 aromatic heterocycles. The van der Waals surface area contributed by atoms with Gasteiger partial charge in [0.25, 0.3) is 0 Å². The van der Waals surface area contributed by atoms with Gasteiger partial charge in [-0.2, -0.15) is 0 Å². The zero-order valence-electron chi connectivity index (χ0n) is 5.87. The number of carboxylic acids is 1. The summed E-state index contributed by atoms with van der Waals surface area (Å²) in [7, 11) is 0. The van der Waals surface area contributed by atoms with E-state index in [1.54, 1.807) is 0 Å². The predicted octanol–water partition coefficient (Wildman–Crippen LogP) is 0.568. The van der Waals surface area contributed by atoms with Crippen molar-refractivity contribution in [1.29, 1.82) is 0 Å². The van der Waals surface area contributed by atoms with Crippen molar-refractivity contribution >= 4 is 18.4 Å². The Morgan fingerprint density at radius 3 is 2.36 bits per heavy atom.